The zero-order valence-electron chi connectivity index (χ0n) is 23.3. The van der Waals surface area contributed by atoms with E-state index in [0.717, 1.165) is 34.9 Å². The van der Waals surface area contributed by atoms with Crippen LogP contribution in [-0.4, -0.2) is 70.9 Å². The third kappa shape index (κ3) is 6.94. The first-order valence-electron chi connectivity index (χ1n) is 14.1. The summed E-state index contributed by atoms with van der Waals surface area (Å²) in [6.07, 6.45) is -0.213. The van der Waals surface area contributed by atoms with Gasteiger partial charge < -0.3 is 25.2 Å². The molecule has 3 aromatic rings. The molecule has 2 N–H and O–H groups in total. The highest BCUT2D eigenvalue weighted by Gasteiger charge is 2.38. The summed E-state index contributed by atoms with van der Waals surface area (Å²) >= 11 is 0. The maximum absolute atomic E-state index is 14.2. The molecule has 8 nitrogen and oxygen atoms in total. The van der Waals surface area contributed by atoms with Gasteiger partial charge in [0.05, 0.1) is 0 Å². The number of hydrogen-bond acceptors (Lipinski definition) is 5. The van der Waals surface area contributed by atoms with Crippen molar-refractivity contribution in [1.82, 2.24) is 14.7 Å². The molecule has 5 rings (SSSR count). The van der Waals surface area contributed by atoms with Crippen molar-refractivity contribution in [1.29, 1.82) is 0 Å². The van der Waals surface area contributed by atoms with Crippen LogP contribution in [0.2, 0.25) is 0 Å². The smallest absolute Gasteiger partial charge is 0.410 e. The monoisotopic (exact) mass is 576 g/mol. The van der Waals surface area contributed by atoms with E-state index in [1.54, 1.807) is 14.7 Å². The third-order valence-electron chi connectivity index (χ3n) is 7.84. The predicted octanol–water partition coefficient (Wildman–Crippen LogP) is 3.66. The van der Waals surface area contributed by atoms with E-state index in [2.05, 4.69) is 0 Å². The molecule has 2 atom stereocenters. The highest BCUT2D eigenvalue weighted by atomic mass is 19.1. The molecule has 0 bridgehead atoms. The molecule has 0 spiro atoms. The number of piperazine rings is 1. The minimum atomic E-state index is -0.757. The molecule has 0 aliphatic carbocycles. The van der Waals surface area contributed by atoms with Crippen LogP contribution in [0, 0.1) is 11.6 Å². The van der Waals surface area contributed by atoms with E-state index in [9.17, 15) is 23.2 Å². The molecule has 42 heavy (non-hydrogen) atoms. The van der Waals surface area contributed by atoms with Gasteiger partial charge in [-0.2, -0.15) is 0 Å². The van der Waals surface area contributed by atoms with Crippen molar-refractivity contribution in [3.05, 3.63) is 107 Å². The number of ether oxygens (including phenoxy) is 1. The first-order chi connectivity index (χ1) is 20.3. The van der Waals surface area contributed by atoms with Crippen molar-refractivity contribution < 1.29 is 27.9 Å². The zero-order chi connectivity index (χ0) is 29.6. The van der Waals surface area contributed by atoms with E-state index in [4.69, 9.17) is 10.5 Å². The van der Waals surface area contributed by atoms with Gasteiger partial charge in [0.1, 0.15) is 24.3 Å². The van der Waals surface area contributed by atoms with Crippen molar-refractivity contribution in [3.63, 3.8) is 0 Å². The lowest BCUT2D eigenvalue weighted by Crippen LogP contribution is -2.58. The summed E-state index contributed by atoms with van der Waals surface area (Å²) in [5.74, 6) is -1.68. The summed E-state index contributed by atoms with van der Waals surface area (Å²) in [5, 5.41) is 0. The van der Waals surface area contributed by atoms with Gasteiger partial charge in [0.2, 0.25) is 11.8 Å². The van der Waals surface area contributed by atoms with Crippen LogP contribution in [0.15, 0.2) is 72.8 Å². The number of nitrogens with two attached hydrogens (primary N) is 1. The molecular weight excluding hydrogens is 542 g/mol. The van der Waals surface area contributed by atoms with E-state index in [1.165, 1.54) is 0 Å². The number of carbonyl (C=O) groups is 3. The van der Waals surface area contributed by atoms with E-state index in [1.807, 2.05) is 54.6 Å². The number of amides is 3. The van der Waals surface area contributed by atoms with Crippen LogP contribution in [-0.2, 0) is 40.3 Å². The number of hydrogen-bond donors (Lipinski definition) is 1. The Labute approximate surface area is 243 Å². The summed E-state index contributed by atoms with van der Waals surface area (Å²) in [6, 6.07) is 18.7. The lowest BCUT2D eigenvalue weighted by atomic mass is 9.92. The van der Waals surface area contributed by atoms with Crippen LogP contribution in [0.4, 0.5) is 13.6 Å². The van der Waals surface area contributed by atoms with E-state index in [-0.39, 0.29) is 43.4 Å². The van der Waals surface area contributed by atoms with Crippen molar-refractivity contribution in [3.8, 4) is 0 Å². The Balaban J connectivity index is 1.22. The quantitative estimate of drug-likeness (QED) is 0.463. The van der Waals surface area contributed by atoms with Gasteiger partial charge in [0.25, 0.3) is 0 Å². The largest absolute Gasteiger partial charge is 0.445 e. The van der Waals surface area contributed by atoms with Crippen LogP contribution < -0.4 is 5.73 Å². The second-order valence-corrected chi connectivity index (χ2v) is 10.8. The number of halogens is 2. The van der Waals surface area contributed by atoms with E-state index < -0.39 is 29.8 Å². The van der Waals surface area contributed by atoms with Gasteiger partial charge in [-0.15, -0.1) is 0 Å². The van der Waals surface area contributed by atoms with E-state index in [0.29, 0.717) is 32.6 Å². The first-order valence-corrected chi connectivity index (χ1v) is 14.1. The summed E-state index contributed by atoms with van der Waals surface area (Å²) in [5.41, 5.74) is 9.15. The number of benzene rings is 3. The molecule has 2 aliphatic heterocycles. The molecule has 1 fully saturated rings. The van der Waals surface area contributed by atoms with Crippen LogP contribution >= 0.6 is 0 Å². The summed E-state index contributed by atoms with van der Waals surface area (Å²) in [4.78, 5) is 44.7. The van der Waals surface area contributed by atoms with Crippen molar-refractivity contribution >= 4 is 17.9 Å². The lowest BCUT2D eigenvalue weighted by Gasteiger charge is -2.41. The number of rotatable bonds is 7. The molecule has 10 heteroatoms. The molecule has 220 valence electrons. The van der Waals surface area contributed by atoms with Gasteiger partial charge in [-0.25, -0.2) is 13.6 Å². The van der Waals surface area contributed by atoms with Gasteiger partial charge >= 0.3 is 6.09 Å². The number of nitrogens with zero attached hydrogens (tertiary/aromatic N) is 3. The summed E-state index contributed by atoms with van der Waals surface area (Å²) in [7, 11) is 0. The Morgan fingerprint density at radius 3 is 2.29 bits per heavy atom. The average molecular weight is 577 g/mol. The Morgan fingerprint density at radius 1 is 0.881 bits per heavy atom. The molecule has 2 heterocycles. The molecule has 0 aromatic heterocycles. The molecular formula is C32H34F2N4O4. The minimum Gasteiger partial charge on any atom is -0.445 e. The fourth-order valence-electron chi connectivity index (χ4n) is 5.53. The zero-order valence-corrected chi connectivity index (χ0v) is 23.3. The highest BCUT2D eigenvalue weighted by Crippen LogP contribution is 2.26. The first kappa shape index (κ1) is 29.2. The van der Waals surface area contributed by atoms with Gasteiger partial charge in [0.15, 0.2) is 0 Å². The highest BCUT2D eigenvalue weighted by molar-refractivity contribution is 5.89. The number of fused-ring (bicyclic) bond motifs is 1. The molecule has 1 saturated heterocycles. The maximum atomic E-state index is 14.2. The van der Waals surface area contributed by atoms with Crippen molar-refractivity contribution in [2.75, 3.05) is 26.2 Å². The Morgan fingerprint density at radius 2 is 1.55 bits per heavy atom. The fourth-order valence-corrected chi connectivity index (χ4v) is 5.53. The van der Waals surface area contributed by atoms with Crippen molar-refractivity contribution in [2.24, 2.45) is 5.73 Å². The van der Waals surface area contributed by atoms with E-state index >= 15 is 0 Å². The summed E-state index contributed by atoms with van der Waals surface area (Å²) < 4.78 is 33.2. The second kappa shape index (κ2) is 13.1. The molecule has 0 saturated carbocycles. The topological polar surface area (TPSA) is 96.2 Å². The molecule has 1 unspecified atom stereocenters. The van der Waals surface area contributed by atoms with Gasteiger partial charge in [-0.05, 0) is 46.9 Å². The third-order valence-corrected chi connectivity index (χ3v) is 7.84. The maximum Gasteiger partial charge on any atom is 0.410 e. The average Bonchev–Trinajstić information content (AvgIpc) is 3.01. The summed E-state index contributed by atoms with van der Waals surface area (Å²) in [6.45, 7) is 1.70. The fraction of sp³-hybridized carbons (Fsp3) is 0.344. The minimum absolute atomic E-state index is 0.0132. The van der Waals surface area contributed by atoms with Gasteiger partial charge in [-0.3, -0.25) is 9.59 Å². The Hall–Kier alpha value is -4.31. The molecule has 3 amide bonds. The molecule has 0 radical (unpaired) electrons. The lowest BCUT2D eigenvalue weighted by molar-refractivity contribution is -0.148. The number of carbonyl (C=O) groups excluding carboxylic acids is 3. The molecule has 2 aliphatic rings. The van der Waals surface area contributed by atoms with Gasteiger partial charge in [-0.1, -0.05) is 54.6 Å². The van der Waals surface area contributed by atoms with Crippen LogP contribution in [0.1, 0.15) is 28.7 Å². The molecule has 3 aromatic carbocycles. The van der Waals surface area contributed by atoms with Crippen molar-refractivity contribution in [2.45, 2.75) is 44.5 Å². The van der Waals surface area contributed by atoms with Crippen LogP contribution in [0.25, 0.3) is 0 Å². The Kier molecular flexibility index (Phi) is 9.12. The Bertz CT molecular complexity index is 1430. The second-order valence-electron chi connectivity index (χ2n) is 10.8. The van der Waals surface area contributed by atoms with Crippen LogP contribution in [0.3, 0.4) is 0 Å². The van der Waals surface area contributed by atoms with Crippen LogP contribution in [0.5, 0.6) is 0 Å². The predicted molar refractivity (Wildman–Crippen MR) is 152 cm³/mol. The standard InChI is InChI=1S/C32H34F2N4O4/c33-26-10-11-28(34)25(16-26)17-27(35)19-30(39)38-20-24-9-5-4-8-23(24)18-29(38)31(40)36-12-14-37(15-13-36)32(41)42-21-22-6-2-1-3-7-22/h1-11,16,27,29H,12-15,17-21,35H2/t27-,29?/m0/s1. The normalized spacial score (nSPS) is 17.4. The SMILES string of the molecule is N[C@H](CC(=O)N1Cc2ccccc2CC1C(=O)N1CCN(C(=O)OCc2ccccc2)CC1)Cc1cc(F)ccc1F. The van der Waals surface area contributed by atoms with Gasteiger partial charge in [0, 0.05) is 51.6 Å².